The highest BCUT2D eigenvalue weighted by molar-refractivity contribution is 6.38. The minimum absolute atomic E-state index is 0.0947. The van der Waals surface area contributed by atoms with Crippen molar-refractivity contribution >= 4 is 17.1 Å². The van der Waals surface area contributed by atoms with E-state index in [4.69, 9.17) is 4.74 Å². The van der Waals surface area contributed by atoms with Gasteiger partial charge in [0.2, 0.25) is 5.78 Å². The molecule has 0 radical (unpaired) electrons. The summed E-state index contributed by atoms with van der Waals surface area (Å²) in [7, 11) is 0. The summed E-state index contributed by atoms with van der Waals surface area (Å²) in [5, 5.41) is 19.7. The molecule has 0 spiro atoms. The number of fused-ring (bicyclic) bond motifs is 1. The van der Waals surface area contributed by atoms with Crippen molar-refractivity contribution in [3.05, 3.63) is 95.8 Å². The number of allylic oxidation sites excluding steroid dienone is 1. The number of rotatable bonds is 5. The molecule has 1 aliphatic rings. The second-order valence-corrected chi connectivity index (χ2v) is 7.05. The van der Waals surface area contributed by atoms with Gasteiger partial charge in [-0.2, -0.15) is 0 Å². The molecular formula is C25H19N3O3. The molecule has 0 amide bonds. The molecule has 1 aliphatic carbocycles. The van der Waals surface area contributed by atoms with Crippen molar-refractivity contribution in [1.82, 2.24) is 14.8 Å². The highest BCUT2D eigenvalue weighted by atomic mass is 16.5. The zero-order valence-electron chi connectivity index (χ0n) is 16.8. The normalized spacial score (nSPS) is 12.9. The number of carbonyl (C=O) groups is 1. The lowest BCUT2D eigenvalue weighted by Crippen LogP contribution is -2.09. The first-order chi connectivity index (χ1) is 15.2. The number of para-hydroxylation sites is 2. The zero-order valence-corrected chi connectivity index (χ0v) is 16.8. The fourth-order valence-corrected chi connectivity index (χ4v) is 3.84. The Morgan fingerprint density at radius 1 is 0.839 bits per heavy atom. The molecule has 4 aromatic rings. The van der Waals surface area contributed by atoms with Crippen LogP contribution >= 0.6 is 0 Å². The SMILES string of the molecule is CCOc1ccccc1-n1c(C2=C(O)c3ccccc3C2=O)nnc1-c1ccccc1. The fourth-order valence-electron chi connectivity index (χ4n) is 3.84. The predicted octanol–water partition coefficient (Wildman–Crippen LogP) is 4.96. The maximum Gasteiger partial charge on any atom is 0.201 e. The summed E-state index contributed by atoms with van der Waals surface area (Å²) in [4.78, 5) is 13.2. The van der Waals surface area contributed by atoms with Crippen LogP contribution in [0.15, 0.2) is 78.9 Å². The van der Waals surface area contributed by atoms with Gasteiger partial charge >= 0.3 is 0 Å². The van der Waals surface area contributed by atoms with Gasteiger partial charge in [0.25, 0.3) is 0 Å². The highest BCUT2D eigenvalue weighted by Gasteiger charge is 2.35. The van der Waals surface area contributed by atoms with Gasteiger partial charge in [-0.15, -0.1) is 10.2 Å². The van der Waals surface area contributed by atoms with Gasteiger partial charge in [-0.3, -0.25) is 9.36 Å². The first-order valence-corrected chi connectivity index (χ1v) is 10.0. The molecule has 0 saturated heterocycles. The lowest BCUT2D eigenvalue weighted by Gasteiger charge is -2.15. The molecule has 0 atom stereocenters. The van der Waals surface area contributed by atoms with Crippen LogP contribution in [-0.2, 0) is 0 Å². The summed E-state index contributed by atoms with van der Waals surface area (Å²) in [6, 6.07) is 24.1. The first kappa shape index (κ1) is 18.8. The number of ketones is 1. The van der Waals surface area contributed by atoms with Gasteiger partial charge in [0.1, 0.15) is 17.1 Å². The molecule has 0 aliphatic heterocycles. The third-order valence-electron chi connectivity index (χ3n) is 5.22. The fraction of sp³-hybridized carbons (Fsp3) is 0.0800. The Kier molecular flexibility index (Phi) is 4.59. The van der Waals surface area contributed by atoms with E-state index in [1.54, 1.807) is 28.8 Å². The summed E-state index contributed by atoms with van der Waals surface area (Å²) in [6.45, 7) is 2.39. The van der Waals surface area contributed by atoms with Gasteiger partial charge in [0.15, 0.2) is 11.6 Å². The third-order valence-corrected chi connectivity index (χ3v) is 5.22. The van der Waals surface area contributed by atoms with Gasteiger partial charge in [0.05, 0.1) is 12.3 Å². The number of carbonyl (C=O) groups excluding carboxylic acids is 1. The minimum atomic E-state index is -0.282. The number of hydrogen-bond donors (Lipinski definition) is 1. The molecule has 31 heavy (non-hydrogen) atoms. The van der Waals surface area contributed by atoms with Crippen LogP contribution in [0.3, 0.4) is 0 Å². The van der Waals surface area contributed by atoms with Crippen molar-refractivity contribution in [3.63, 3.8) is 0 Å². The quantitative estimate of drug-likeness (QED) is 0.504. The number of nitrogens with zero attached hydrogens (tertiary/aromatic N) is 3. The Labute approximate surface area is 179 Å². The van der Waals surface area contributed by atoms with E-state index in [1.165, 1.54) is 0 Å². The van der Waals surface area contributed by atoms with E-state index in [9.17, 15) is 9.90 Å². The van der Waals surface area contributed by atoms with E-state index < -0.39 is 0 Å². The van der Waals surface area contributed by atoms with Gasteiger partial charge in [-0.05, 0) is 19.1 Å². The Bertz CT molecular complexity index is 1320. The van der Waals surface area contributed by atoms with Crippen molar-refractivity contribution in [1.29, 1.82) is 0 Å². The Balaban J connectivity index is 1.79. The molecule has 0 fully saturated rings. The van der Waals surface area contributed by atoms with Crippen LogP contribution in [-0.4, -0.2) is 32.3 Å². The second-order valence-electron chi connectivity index (χ2n) is 7.05. The number of aliphatic hydroxyl groups excluding tert-OH is 1. The summed E-state index contributed by atoms with van der Waals surface area (Å²) >= 11 is 0. The van der Waals surface area contributed by atoms with E-state index in [-0.39, 0.29) is 22.9 Å². The highest BCUT2D eigenvalue weighted by Crippen LogP contribution is 2.39. The molecular weight excluding hydrogens is 390 g/mol. The van der Waals surface area contributed by atoms with E-state index in [1.807, 2.05) is 61.5 Å². The topological polar surface area (TPSA) is 77.2 Å². The third kappa shape index (κ3) is 3.00. The second kappa shape index (κ2) is 7.57. The summed E-state index contributed by atoms with van der Waals surface area (Å²) in [5.41, 5.74) is 2.59. The van der Waals surface area contributed by atoms with Gasteiger partial charge in [0, 0.05) is 16.7 Å². The number of hydrogen-bond acceptors (Lipinski definition) is 5. The molecule has 0 saturated carbocycles. The smallest absolute Gasteiger partial charge is 0.201 e. The van der Waals surface area contributed by atoms with Gasteiger partial charge < -0.3 is 9.84 Å². The lowest BCUT2D eigenvalue weighted by molar-refractivity contribution is 0.105. The lowest BCUT2D eigenvalue weighted by atomic mass is 10.1. The number of Topliss-reactive ketones (excluding diaryl/α,β-unsaturated/α-hetero) is 1. The van der Waals surface area contributed by atoms with E-state index in [0.717, 1.165) is 5.56 Å². The molecule has 6 nitrogen and oxygen atoms in total. The number of aromatic nitrogens is 3. The van der Waals surface area contributed by atoms with Gasteiger partial charge in [-0.1, -0.05) is 66.7 Å². The number of ether oxygens (including phenoxy) is 1. The van der Waals surface area contributed by atoms with Crippen LogP contribution in [0.25, 0.3) is 28.4 Å². The molecule has 1 aromatic heterocycles. The van der Waals surface area contributed by atoms with Crippen LogP contribution in [0, 0.1) is 0 Å². The molecule has 6 heteroatoms. The van der Waals surface area contributed by atoms with Gasteiger partial charge in [-0.25, -0.2) is 0 Å². The maximum absolute atomic E-state index is 13.2. The standard InChI is InChI=1S/C25H19N3O3/c1-2-31-20-15-9-8-14-19(20)28-24(16-10-4-3-5-11-16)26-27-25(28)21-22(29)17-12-6-7-13-18(17)23(21)30/h3-15,29H,2H2,1H3. The summed E-state index contributed by atoms with van der Waals surface area (Å²) in [5.74, 6) is 1.07. The Morgan fingerprint density at radius 2 is 1.48 bits per heavy atom. The van der Waals surface area contributed by atoms with Crippen molar-refractivity contribution in [2.75, 3.05) is 6.61 Å². The minimum Gasteiger partial charge on any atom is -0.506 e. The van der Waals surface area contributed by atoms with E-state index in [0.29, 0.717) is 35.0 Å². The van der Waals surface area contributed by atoms with Crippen LogP contribution < -0.4 is 4.74 Å². The van der Waals surface area contributed by atoms with E-state index in [2.05, 4.69) is 10.2 Å². The number of benzene rings is 3. The van der Waals surface area contributed by atoms with Crippen molar-refractivity contribution in [2.24, 2.45) is 0 Å². The maximum atomic E-state index is 13.2. The molecule has 0 bridgehead atoms. The van der Waals surface area contributed by atoms with Crippen LogP contribution in [0.2, 0.25) is 0 Å². The summed E-state index contributed by atoms with van der Waals surface area (Å²) < 4.78 is 7.62. The van der Waals surface area contributed by atoms with Crippen LogP contribution in [0.1, 0.15) is 28.7 Å². The average Bonchev–Trinajstić information content (AvgIpc) is 3.34. The molecule has 3 aromatic carbocycles. The van der Waals surface area contributed by atoms with Crippen molar-refractivity contribution in [2.45, 2.75) is 6.92 Å². The Hall–Kier alpha value is -4.19. The molecule has 1 N–H and O–H groups in total. The number of aliphatic hydroxyl groups is 1. The molecule has 152 valence electrons. The molecule has 1 heterocycles. The van der Waals surface area contributed by atoms with Crippen LogP contribution in [0.5, 0.6) is 5.75 Å². The average molecular weight is 409 g/mol. The van der Waals surface area contributed by atoms with Crippen molar-refractivity contribution in [3.8, 4) is 22.8 Å². The first-order valence-electron chi connectivity index (χ1n) is 10.0. The summed E-state index contributed by atoms with van der Waals surface area (Å²) in [6.07, 6.45) is 0. The van der Waals surface area contributed by atoms with Crippen LogP contribution in [0.4, 0.5) is 0 Å². The van der Waals surface area contributed by atoms with E-state index >= 15 is 0 Å². The predicted molar refractivity (Wildman–Crippen MR) is 118 cm³/mol. The monoisotopic (exact) mass is 409 g/mol. The largest absolute Gasteiger partial charge is 0.506 e. The zero-order chi connectivity index (χ0) is 21.4. The molecule has 0 unspecified atom stereocenters. The van der Waals surface area contributed by atoms with Crippen molar-refractivity contribution < 1.29 is 14.6 Å². The Morgan fingerprint density at radius 3 is 2.23 bits per heavy atom. The molecule has 5 rings (SSSR count).